The quantitative estimate of drug-likeness (QED) is 0.857. The molecule has 1 aromatic carbocycles. The fourth-order valence-electron chi connectivity index (χ4n) is 4.45. The van der Waals surface area contributed by atoms with E-state index >= 15 is 0 Å². The lowest BCUT2D eigenvalue weighted by atomic mass is 10.1. The van der Waals surface area contributed by atoms with Crippen LogP contribution in [-0.2, 0) is 10.0 Å². The Morgan fingerprint density at radius 1 is 1.00 bits per heavy atom. The maximum absolute atomic E-state index is 12.9. The Bertz CT molecular complexity index is 792. The molecule has 27 heavy (non-hydrogen) atoms. The van der Waals surface area contributed by atoms with Crippen LogP contribution in [0, 0.1) is 0 Å². The summed E-state index contributed by atoms with van der Waals surface area (Å²) in [5.41, 5.74) is 1.90. The summed E-state index contributed by atoms with van der Waals surface area (Å²) in [5, 5.41) is 3.07. The van der Waals surface area contributed by atoms with Gasteiger partial charge in [0.1, 0.15) is 0 Å². The van der Waals surface area contributed by atoms with Crippen molar-refractivity contribution in [2.75, 3.05) is 48.7 Å². The van der Waals surface area contributed by atoms with Crippen LogP contribution in [0.3, 0.4) is 0 Å². The Kier molecular flexibility index (Phi) is 5.27. The molecule has 0 radical (unpaired) electrons. The topological polar surface area (TPSA) is 73.0 Å². The van der Waals surface area contributed by atoms with E-state index < -0.39 is 10.0 Å². The van der Waals surface area contributed by atoms with Crippen molar-refractivity contribution in [1.29, 1.82) is 0 Å². The molecule has 0 bridgehead atoms. The van der Waals surface area contributed by atoms with E-state index in [4.69, 9.17) is 0 Å². The normalized spacial score (nSPS) is 25.7. The highest BCUT2D eigenvalue weighted by molar-refractivity contribution is 7.89. The number of urea groups is 1. The minimum absolute atomic E-state index is 0.0918. The molecular weight excluding hydrogens is 364 g/mol. The summed E-state index contributed by atoms with van der Waals surface area (Å²) in [6.45, 7) is 3.76. The molecule has 1 atom stereocenters. The maximum atomic E-state index is 12.9. The van der Waals surface area contributed by atoms with E-state index in [2.05, 4.69) is 16.3 Å². The predicted octanol–water partition coefficient (Wildman–Crippen LogP) is 2.32. The fraction of sp³-hybridized carbons (Fsp3) is 0.632. The first-order valence-electron chi connectivity index (χ1n) is 9.94. The Hall–Kier alpha value is -1.80. The number of anilines is 2. The summed E-state index contributed by atoms with van der Waals surface area (Å²) < 4.78 is 26.1. The highest BCUT2D eigenvalue weighted by Gasteiger charge is 2.37. The minimum atomic E-state index is -3.14. The van der Waals surface area contributed by atoms with Gasteiger partial charge in [-0.15, -0.1) is 0 Å². The number of rotatable bonds is 3. The second-order valence-electron chi connectivity index (χ2n) is 7.66. The smallest absolute Gasteiger partial charge is 0.321 e. The van der Waals surface area contributed by atoms with Crippen molar-refractivity contribution >= 4 is 27.4 Å². The molecule has 148 valence electrons. The van der Waals surface area contributed by atoms with Crippen LogP contribution >= 0.6 is 0 Å². The van der Waals surface area contributed by atoms with E-state index in [1.165, 1.54) is 12.8 Å². The average molecular weight is 393 g/mol. The number of hydrogen-bond donors (Lipinski definition) is 1. The molecule has 7 nitrogen and oxygen atoms in total. The molecule has 3 fully saturated rings. The molecule has 8 heteroatoms. The largest absolute Gasteiger partial charge is 0.370 e. The van der Waals surface area contributed by atoms with Crippen LogP contribution in [0.15, 0.2) is 24.3 Å². The summed E-state index contributed by atoms with van der Waals surface area (Å²) in [6.07, 6.45) is 4.71. The number of likely N-dealkylation sites (tertiary alicyclic amines) is 1. The van der Waals surface area contributed by atoms with E-state index in [0.29, 0.717) is 26.1 Å². The van der Waals surface area contributed by atoms with Gasteiger partial charge in [0.25, 0.3) is 0 Å². The van der Waals surface area contributed by atoms with Crippen LogP contribution < -0.4 is 10.2 Å². The van der Waals surface area contributed by atoms with Gasteiger partial charge in [0, 0.05) is 38.8 Å². The second kappa shape index (κ2) is 7.67. The van der Waals surface area contributed by atoms with Gasteiger partial charge in [-0.05, 0) is 44.2 Å². The van der Waals surface area contributed by atoms with Gasteiger partial charge in [-0.3, -0.25) is 0 Å². The zero-order valence-corrected chi connectivity index (χ0v) is 16.5. The lowest BCUT2D eigenvalue weighted by molar-refractivity contribution is 0.163. The zero-order chi connectivity index (χ0) is 18.9. The van der Waals surface area contributed by atoms with Gasteiger partial charge >= 0.3 is 6.03 Å². The van der Waals surface area contributed by atoms with Crippen LogP contribution in [-0.4, -0.2) is 68.2 Å². The number of piperidine rings is 1. The first kappa shape index (κ1) is 18.6. The Morgan fingerprint density at radius 2 is 1.78 bits per heavy atom. The molecule has 4 rings (SSSR count). The lowest BCUT2D eigenvalue weighted by Gasteiger charge is -2.36. The number of nitrogens with one attached hydrogen (secondary N) is 1. The van der Waals surface area contributed by atoms with Crippen molar-refractivity contribution in [2.24, 2.45) is 0 Å². The molecule has 0 saturated carbocycles. The first-order valence-corrected chi connectivity index (χ1v) is 11.5. The van der Waals surface area contributed by atoms with Gasteiger partial charge < -0.3 is 15.1 Å². The first-order chi connectivity index (χ1) is 13.0. The summed E-state index contributed by atoms with van der Waals surface area (Å²) in [6, 6.07) is 7.70. The van der Waals surface area contributed by atoms with Gasteiger partial charge in [-0.1, -0.05) is 12.1 Å². The van der Waals surface area contributed by atoms with E-state index in [0.717, 1.165) is 37.3 Å². The van der Waals surface area contributed by atoms with E-state index in [9.17, 15) is 13.2 Å². The molecular formula is C19H28N4O3S. The average Bonchev–Trinajstić information content (AvgIpc) is 3.31. The summed E-state index contributed by atoms with van der Waals surface area (Å²) >= 11 is 0. The number of hydrogen-bond acceptors (Lipinski definition) is 4. The molecule has 1 aromatic rings. The molecule has 2 amide bonds. The maximum Gasteiger partial charge on any atom is 0.321 e. The van der Waals surface area contributed by atoms with Crippen molar-refractivity contribution in [2.45, 2.75) is 38.1 Å². The molecule has 3 heterocycles. The standard InChI is InChI=1S/C19H28N4O3S/c24-19(20-17-8-1-2-9-18(17)21-10-3-4-11-21)22-12-5-7-16(15-22)23-13-6-14-27(23,25)26/h1-2,8-9,16H,3-7,10-15H2,(H,20,24). The summed E-state index contributed by atoms with van der Waals surface area (Å²) in [5.74, 6) is 0.235. The fourth-order valence-corrected chi connectivity index (χ4v) is 6.21. The number of para-hydroxylation sites is 2. The van der Waals surface area contributed by atoms with E-state index in [1.807, 2.05) is 18.2 Å². The Balaban J connectivity index is 1.44. The minimum Gasteiger partial charge on any atom is -0.370 e. The number of carbonyl (C=O) groups is 1. The third-order valence-corrected chi connectivity index (χ3v) is 7.82. The number of carbonyl (C=O) groups excluding carboxylic acids is 1. The van der Waals surface area contributed by atoms with Crippen molar-refractivity contribution in [3.05, 3.63) is 24.3 Å². The third kappa shape index (κ3) is 3.91. The molecule has 3 saturated heterocycles. The van der Waals surface area contributed by atoms with Gasteiger partial charge in [-0.25, -0.2) is 13.2 Å². The number of sulfonamides is 1. The summed E-state index contributed by atoms with van der Waals surface area (Å²) in [7, 11) is -3.14. The molecule has 1 unspecified atom stereocenters. The van der Waals surface area contributed by atoms with Crippen molar-refractivity contribution < 1.29 is 13.2 Å². The predicted molar refractivity (Wildman–Crippen MR) is 107 cm³/mol. The van der Waals surface area contributed by atoms with Crippen molar-refractivity contribution in [3.63, 3.8) is 0 Å². The van der Waals surface area contributed by atoms with Crippen LogP contribution in [0.5, 0.6) is 0 Å². The Labute approximate surface area is 161 Å². The number of benzene rings is 1. The molecule has 0 aliphatic carbocycles. The molecule has 3 aliphatic heterocycles. The highest BCUT2D eigenvalue weighted by atomic mass is 32.2. The van der Waals surface area contributed by atoms with E-state index in [1.54, 1.807) is 9.21 Å². The van der Waals surface area contributed by atoms with Crippen LogP contribution in [0.2, 0.25) is 0 Å². The van der Waals surface area contributed by atoms with Crippen LogP contribution in [0.25, 0.3) is 0 Å². The van der Waals surface area contributed by atoms with Gasteiger partial charge in [-0.2, -0.15) is 4.31 Å². The SMILES string of the molecule is O=C(Nc1ccccc1N1CCCC1)N1CCCC(N2CCCS2(=O)=O)C1. The molecule has 0 spiro atoms. The Morgan fingerprint density at radius 3 is 2.52 bits per heavy atom. The number of amides is 2. The third-order valence-electron chi connectivity index (χ3n) is 5.82. The van der Waals surface area contributed by atoms with Crippen molar-refractivity contribution in [1.82, 2.24) is 9.21 Å². The van der Waals surface area contributed by atoms with Crippen LogP contribution in [0.4, 0.5) is 16.2 Å². The number of nitrogens with zero attached hydrogens (tertiary/aromatic N) is 3. The monoisotopic (exact) mass is 392 g/mol. The van der Waals surface area contributed by atoms with Gasteiger partial charge in [0.15, 0.2) is 0 Å². The van der Waals surface area contributed by atoms with E-state index in [-0.39, 0.29) is 17.8 Å². The van der Waals surface area contributed by atoms with Gasteiger partial charge in [0.2, 0.25) is 10.0 Å². The van der Waals surface area contributed by atoms with Crippen LogP contribution in [0.1, 0.15) is 32.1 Å². The highest BCUT2D eigenvalue weighted by Crippen LogP contribution is 2.29. The van der Waals surface area contributed by atoms with Gasteiger partial charge in [0.05, 0.1) is 17.1 Å². The molecule has 0 aromatic heterocycles. The zero-order valence-electron chi connectivity index (χ0n) is 15.6. The lowest BCUT2D eigenvalue weighted by Crippen LogP contribution is -2.51. The summed E-state index contributed by atoms with van der Waals surface area (Å²) in [4.78, 5) is 17.0. The molecule has 3 aliphatic rings. The second-order valence-corrected chi connectivity index (χ2v) is 9.70. The molecule has 1 N–H and O–H groups in total. The van der Waals surface area contributed by atoms with Crippen molar-refractivity contribution in [3.8, 4) is 0 Å².